The molecule has 29 heavy (non-hydrogen) atoms. The van der Waals surface area contributed by atoms with Crippen LogP contribution in [0.2, 0.25) is 0 Å². The molecule has 3 nitrogen and oxygen atoms in total. The molecule has 1 saturated heterocycles. The van der Waals surface area contributed by atoms with Crippen LogP contribution < -0.4 is 10.6 Å². The van der Waals surface area contributed by atoms with Crippen molar-refractivity contribution in [2.75, 3.05) is 0 Å². The maximum atomic E-state index is 13.4. The van der Waals surface area contributed by atoms with E-state index in [2.05, 4.69) is 15.6 Å². The standard InChI is InChI=1S/C23H20F3N3/c1-23(17-7-11-19(25)12-8-17)21(16-5-9-18(24)10-6-16)28-22(29-23)27-14-15-3-2-4-20(26)13-15/h2-13,21H,14H2,1H3,(H2,27,28,29). The van der Waals surface area contributed by atoms with Gasteiger partial charge in [-0.05, 0) is 60.0 Å². The highest BCUT2D eigenvalue weighted by Crippen LogP contribution is 2.38. The molecule has 0 radical (unpaired) electrons. The predicted octanol–water partition coefficient (Wildman–Crippen LogP) is 4.81. The van der Waals surface area contributed by atoms with Gasteiger partial charge in [0.05, 0.1) is 18.1 Å². The van der Waals surface area contributed by atoms with Crippen LogP contribution in [0.3, 0.4) is 0 Å². The van der Waals surface area contributed by atoms with E-state index in [1.54, 1.807) is 36.4 Å². The van der Waals surface area contributed by atoms with E-state index in [0.29, 0.717) is 12.5 Å². The van der Waals surface area contributed by atoms with Gasteiger partial charge in [-0.15, -0.1) is 0 Å². The van der Waals surface area contributed by atoms with Crippen LogP contribution in [0.15, 0.2) is 77.8 Å². The summed E-state index contributed by atoms with van der Waals surface area (Å²) in [5.41, 5.74) is 1.82. The summed E-state index contributed by atoms with van der Waals surface area (Å²) in [6.45, 7) is 2.27. The van der Waals surface area contributed by atoms with E-state index in [0.717, 1.165) is 16.7 Å². The molecule has 1 heterocycles. The van der Waals surface area contributed by atoms with Crippen molar-refractivity contribution in [3.8, 4) is 0 Å². The molecule has 2 unspecified atom stereocenters. The van der Waals surface area contributed by atoms with Gasteiger partial charge in [0.1, 0.15) is 17.5 Å². The van der Waals surface area contributed by atoms with Crippen molar-refractivity contribution in [3.05, 3.63) is 107 Å². The molecule has 0 aliphatic carbocycles. The topological polar surface area (TPSA) is 36.4 Å². The zero-order valence-corrected chi connectivity index (χ0v) is 15.8. The molecule has 0 bridgehead atoms. The lowest BCUT2D eigenvalue weighted by atomic mass is 9.82. The maximum Gasteiger partial charge on any atom is 0.192 e. The molecular formula is C23H20F3N3. The number of halogens is 3. The third kappa shape index (κ3) is 3.97. The fourth-order valence-electron chi connectivity index (χ4n) is 3.63. The summed E-state index contributed by atoms with van der Waals surface area (Å²) < 4.78 is 40.3. The normalized spacial score (nSPS) is 22.3. The molecule has 6 heteroatoms. The second-order valence-corrected chi connectivity index (χ2v) is 7.26. The Morgan fingerprint density at radius 3 is 2.17 bits per heavy atom. The van der Waals surface area contributed by atoms with Gasteiger partial charge in [0, 0.05) is 0 Å². The van der Waals surface area contributed by atoms with Crippen molar-refractivity contribution in [2.45, 2.75) is 25.0 Å². The Kier molecular flexibility index (Phi) is 5.01. The number of hydrogen-bond donors (Lipinski definition) is 2. The summed E-state index contributed by atoms with van der Waals surface area (Å²) in [6, 6.07) is 18.5. The molecule has 0 aromatic heterocycles. The Morgan fingerprint density at radius 2 is 1.52 bits per heavy atom. The second kappa shape index (κ2) is 7.62. The Morgan fingerprint density at radius 1 is 0.862 bits per heavy atom. The van der Waals surface area contributed by atoms with E-state index in [1.807, 2.05) is 6.92 Å². The molecule has 2 atom stereocenters. The van der Waals surface area contributed by atoms with E-state index in [-0.39, 0.29) is 23.5 Å². The van der Waals surface area contributed by atoms with E-state index >= 15 is 0 Å². The van der Waals surface area contributed by atoms with Crippen LogP contribution in [0.5, 0.6) is 0 Å². The fourth-order valence-corrected chi connectivity index (χ4v) is 3.63. The minimum absolute atomic E-state index is 0.264. The molecule has 0 amide bonds. The van der Waals surface area contributed by atoms with Gasteiger partial charge in [-0.1, -0.05) is 36.4 Å². The largest absolute Gasteiger partial charge is 0.347 e. The molecule has 3 aromatic carbocycles. The Labute approximate surface area is 167 Å². The number of aliphatic imine (C=N–C) groups is 1. The fraction of sp³-hybridized carbons (Fsp3) is 0.174. The summed E-state index contributed by atoms with van der Waals surface area (Å²) in [4.78, 5) is 4.55. The molecular weight excluding hydrogens is 375 g/mol. The summed E-state index contributed by atoms with van der Waals surface area (Å²) in [5, 5.41) is 6.72. The molecule has 1 aliphatic heterocycles. The van der Waals surface area contributed by atoms with Crippen molar-refractivity contribution >= 4 is 5.96 Å². The van der Waals surface area contributed by atoms with Crippen LogP contribution in [-0.4, -0.2) is 5.96 Å². The van der Waals surface area contributed by atoms with Crippen molar-refractivity contribution in [1.82, 2.24) is 10.6 Å². The van der Waals surface area contributed by atoms with Crippen LogP contribution in [0, 0.1) is 17.5 Å². The van der Waals surface area contributed by atoms with Gasteiger partial charge in [-0.3, -0.25) is 0 Å². The quantitative estimate of drug-likeness (QED) is 0.665. The molecule has 3 aromatic rings. The first-order chi connectivity index (χ1) is 13.9. The zero-order chi connectivity index (χ0) is 20.4. The van der Waals surface area contributed by atoms with Gasteiger partial charge in [-0.2, -0.15) is 0 Å². The third-order valence-corrected chi connectivity index (χ3v) is 5.19. The highest BCUT2D eigenvalue weighted by molar-refractivity contribution is 5.84. The van der Waals surface area contributed by atoms with Gasteiger partial charge in [0.25, 0.3) is 0 Å². The van der Waals surface area contributed by atoms with Crippen molar-refractivity contribution < 1.29 is 13.2 Å². The monoisotopic (exact) mass is 395 g/mol. The van der Waals surface area contributed by atoms with Crippen molar-refractivity contribution in [3.63, 3.8) is 0 Å². The Hall–Kier alpha value is -3.28. The Bertz CT molecular complexity index is 1030. The van der Waals surface area contributed by atoms with Crippen LogP contribution in [0.4, 0.5) is 13.2 Å². The highest BCUT2D eigenvalue weighted by atomic mass is 19.1. The van der Waals surface area contributed by atoms with Gasteiger partial charge in [0.2, 0.25) is 0 Å². The van der Waals surface area contributed by atoms with E-state index < -0.39 is 5.54 Å². The summed E-state index contributed by atoms with van der Waals surface area (Å²) in [6.07, 6.45) is 0. The van der Waals surface area contributed by atoms with Crippen LogP contribution in [0.1, 0.15) is 29.7 Å². The zero-order valence-electron chi connectivity index (χ0n) is 15.8. The van der Waals surface area contributed by atoms with Crippen molar-refractivity contribution in [2.24, 2.45) is 4.99 Å². The minimum Gasteiger partial charge on any atom is -0.347 e. The van der Waals surface area contributed by atoms with E-state index in [4.69, 9.17) is 0 Å². The predicted molar refractivity (Wildman–Crippen MR) is 107 cm³/mol. The van der Waals surface area contributed by atoms with Gasteiger partial charge in [0.15, 0.2) is 5.96 Å². The Balaban J connectivity index is 1.67. The number of benzene rings is 3. The first kappa shape index (κ1) is 19.1. The lowest BCUT2D eigenvalue weighted by Gasteiger charge is -2.31. The highest BCUT2D eigenvalue weighted by Gasteiger charge is 2.43. The number of nitrogens with zero attached hydrogens (tertiary/aromatic N) is 1. The molecule has 2 N–H and O–H groups in total. The molecule has 1 fully saturated rings. The molecule has 1 aliphatic rings. The summed E-state index contributed by atoms with van der Waals surface area (Å²) in [7, 11) is 0. The molecule has 4 rings (SSSR count). The lowest BCUT2D eigenvalue weighted by Crippen LogP contribution is -2.39. The smallest absolute Gasteiger partial charge is 0.192 e. The summed E-state index contributed by atoms with van der Waals surface area (Å²) in [5.74, 6) is -0.407. The van der Waals surface area contributed by atoms with Crippen LogP contribution >= 0.6 is 0 Å². The number of rotatable bonds is 4. The number of guanidine groups is 1. The lowest BCUT2D eigenvalue weighted by molar-refractivity contribution is 0.378. The van der Waals surface area contributed by atoms with Gasteiger partial charge < -0.3 is 10.6 Å². The summed E-state index contributed by atoms with van der Waals surface area (Å²) >= 11 is 0. The minimum atomic E-state index is -0.647. The first-order valence-electron chi connectivity index (χ1n) is 9.29. The van der Waals surface area contributed by atoms with Crippen LogP contribution in [0.25, 0.3) is 0 Å². The van der Waals surface area contributed by atoms with Crippen LogP contribution in [-0.2, 0) is 12.1 Å². The average molecular weight is 395 g/mol. The first-order valence-corrected chi connectivity index (χ1v) is 9.29. The maximum absolute atomic E-state index is 13.4. The molecule has 0 spiro atoms. The third-order valence-electron chi connectivity index (χ3n) is 5.19. The number of hydrogen-bond acceptors (Lipinski definition) is 1. The molecule has 148 valence electrons. The van der Waals surface area contributed by atoms with Crippen molar-refractivity contribution in [1.29, 1.82) is 0 Å². The number of nitrogens with one attached hydrogen (secondary N) is 2. The molecule has 0 saturated carbocycles. The van der Waals surface area contributed by atoms with E-state index in [9.17, 15) is 13.2 Å². The second-order valence-electron chi connectivity index (χ2n) is 7.26. The van der Waals surface area contributed by atoms with Gasteiger partial charge in [-0.25, -0.2) is 18.2 Å². The average Bonchev–Trinajstić information content (AvgIpc) is 3.05. The van der Waals surface area contributed by atoms with E-state index in [1.165, 1.54) is 36.4 Å². The van der Waals surface area contributed by atoms with Gasteiger partial charge >= 0.3 is 0 Å². The SMILES string of the molecule is CC1(c2ccc(F)cc2)NC(=NCc2cccc(F)c2)NC1c1ccc(F)cc1.